The number of benzene rings is 1. The molecule has 4 rings (SSSR count). The summed E-state index contributed by atoms with van der Waals surface area (Å²) < 4.78 is 1.87. The molecule has 0 fully saturated rings. The Morgan fingerprint density at radius 3 is 3.03 bits per heavy atom. The third kappa shape index (κ3) is 3.71. The summed E-state index contributed by atoms with van der Waals surface area (Å²) in [7, 11) is 3.62. The quantitative estimate of drug-likeness (QED) is 0.671. The van der Waals surface area contributed by atoms with Crippen LogP contribution in [0.4, 0.5) is 5.82 Å². The number of aromatic nitrogens is 2. The van der Waals surface area contributed by atoms with Crippen molar-refractivity contribution < 1.29 is 14.7 Å². The van der Waals surface area contributed by atoms with E-state index in [4.69, 9.17) is 0 Å². The highest BCUT2D eigenvalue weighted by molar-refractivity contribution is 5.94. The molecule has 0 unspecified atom stereocenters. The van der Waals surface area contributed by atoms with E-state index >= 15 is 0 Å². The van der Waals surface area contributed by atoms with Gasteiger partial charge in [0.25, 0.3) is 0 Å². The molecule has 0 spiro atoms. The number of aromatic hydroxyl groups is 1. The molecule has 1 aliphatic rings. The van der Waals surface area contributed by atoms with Gasteiger partial charge in [-0.3, -0.25) is 9.59 Å². The highest BCUT2D eigenvalue weighted by Crippen LogP contribution is 2.29. The van der Waals surface area contributed by atoms with Crippen LogP contribution in [0.15, 0.2) is 42.7 Å². The number of phenolic OH excluding ortho intramolecular Hbond substituents is 1. The van der Waals surface area contributed by atoms with Gasteiger partial charge in [0.05, 0.1) is 5.52 Å². The van der Waals surface area contributed by atoms with Crippen molar-refractivity contribution in [1.82, 2.24) is 14.5 Å². The van der Waals surface area contributed by atoms with Crippen LogP contribution in [-0.2, 0) is 29.6 Å². The smallest absolute Gasteiger partial charge is 0.246 e. The predicted molar refractivity (Wildman–Crippen MR) is 111 cm³/mol. The number of carbonyl (C=O) groups is 2. The maximum Gasteiger partial charge on any atom is 0.246 e. The van der Waals surface area contributed by atoms with E-state index in [0.29, 0.717) is 25.2 Å². The second kappa shape index (κ2) is 7.43. The van der Waals surface area contributed by atoms with Crippen LogP contribution < -0.4 is 5.32 Å². The van der Waals surface area contributed by atoms with Crippen LogP contribution in [0.5, 0.6) is 5.75 Å². The van der Waals surface area contributed by atoms with Gasteiger partial charge in [-0.1, -0.05) is 12.1 Å². The summed E-state index contributed by atoms with van der Waals surface area (Å²) in [6.07, 6.45) is 7.92. The van der Waals surface area contributed by atoms with Gasteiger partial charge in [0.1, 0.15) is 11.6 Å². The van der Waals surface area contributed by atoms with E-state index < -0.39 is 0 Å². The highest BCUT2D eigenvalue weighted by Gasteiger charge is 2.16. The molecule has 7 nitrogen and oxygen atoms in total. The van der Waals surface area contributed by atoms with E-state index in [2.05, 4.69) is 10.3 Å². The van der Waals surface area contributed by atoms with Crippen molar-refractivity contribution in [2.24, 2.45) is 7.05 Å². The number of para-hydroxylation sites is 1. The van der Waals surface area contributed by atoms with Crippen molar-refractivity contribution in [2.45, 2.75) is 19.4 Å². The predicted octanol–water partition coefficient (Wildman–Crippen LogP) is 2.84. The lowest BCUT2D eigenvalue weighted by molar-refractivity contribution is -0.125. The van der Waals surface area contributed by atoms with Crippen molar-refractivity contribution in [3.8, 4) is 5.75 Å². The Labute approximate surface area is 168 Å². The molecule has 1 aromatic carbocycles. The average molecular weight is 390 g/mol. The number of rotatable bonds is 4. The van der Waals surface area contributed by atoms with Gasteiger partial charge in [0.15, 0.2) is 0 Å². The number of hydrogen-bond acceptors (Lipinski definition) is 4. The standard InChI is InChI=1S/C22H22N4O3/c1-25(12-16-13-26(2)21-17(16)4-3-5-18(21)27)20(29)9-6-14-10-15-7-8-19(28)24-22(15)23-11-14/h3-6,9-11,13,27H,7-8,12H2,1-2H3,(H,23,24,28). The first-order valence-electron chi connectivity index (χ1n) is 9.40. The van der Waals surface area contributed by atoms with Gasteiger partial charge < -0.3 is 19.9 Å². The molecule has 148 valence electrons. The summed E-state index contributed by atoms with van der Waals surface area (Å²) >= 11 is 0. The fourth-order valence-electron chi connectivity index (χ4n) is 3.65. The molecule has 3 aromatic rings. The molecule has 2 N–H and O–H groups in total. The number of nitrogens with zero attached hydrogens (tertiary/aromatic N) is 3. The van der Waals surface area contributed by atoms with Gasteiger partial charge in [0, 0.05) is 50.9 Å². The summed E-state index contributed by atoms with van der Waals surface area (Å²) in [5, 5.41) is 13.8. The van der Waals surface area contributed by atoms with Crippen LogP contribution in [-0.4, -0.2) is 38.4 Å². The monoisotopic (exact) mass is 390 g/mol. The van der Waals surface area contributed by atoms with Gasteiger partial charge in [0.2, 0.25) is 11.8 Å². The molecular formula is C22H22N4O3. The Kier molecular flexibility index (Phi) is 4.80. The topological polar surface area (TPSA) is 87.5 Å². The summed E-state index contributed by atoms with van der Waals surface area (Å²) in [5.74, 6) is 0.669. The zero-order valence-corrected chi connectivity index (χ0v) is 16.3. The van der Waals surface area contributed by atoms with E-state index in [-0.39, 0.29) is 17.6 Å². The van der Waals surface area contributed by atoms with Crippen LogP contribution >= 0.6 is 0 Å². The lowest BCUT2D eigenvalue weighted by atomic mass is 10.0. The van der Waals surface area contributed by atoms with E-state index in [1.54, 1.807) is 36.4 Å². The van der Waals surface area contributed by atoms with Crippen LogP contribution in [0, 0.1) is 0 Å². The minimum absolute atomic E-state index is 0.0214. The van der Waals surface area contributed by atoms with Crippen molar-refractivity contribution >= 4 is 34.6 Å². The molecule has 2 aromatic heterocycles. The van der Waals surface area contributed by atoms with Crippen molar-refractivity contribution in [2.75, 3.05) is 12.4 Å². The van der Waals surface area contributed by atoms with E-state index in [9.17, 15) is 14.7 Å². The fourth-order valence-corrected chi connectivity index (χ4v) is 3.65. The Balaban J connectivity index is 1.48. The number of carbonyl (C=O) groups excluding carboxylic acids is 2. The van der Waals surface area contributed by atoms with Crippen LogP contribution in [0.25, 0.3) is 17.0 Å². The number of amides is 2. The number of hydrogen-bond donors (Lipinski definition) is 2. The van der Waals surface area contributed by atoms with E-state index in [0.717, 1.165) is 27.6 Å². The lowest BCUT2D eigenvalue weighted by Crippen LogP contribution is -2.24. The van der Waals surface area contributed by atoms with Gasteiger partial charge >= 0.3 is 0 Å². The minimum Gasteiger partial charge on any atom is -0.506 e. The molecule has 0 saturated carbocycles. The second-order valence-electron chi connectivity index (χ2n) is 7.29. The molecule has 29 heavy (non-hydrogen) atoms. The maximum atomic E-state index is 12.6. The molecule has 0 atom stereocenters. The normalized spacial score (nSPS) is 13.5. The molecule has 0 radical (unpaired) electrons. The maximum absolute atomic E-state index is 12.6. The highest BCUT2D eigenvalue weighted by atomic mass is 16.3. The Hall–Kier alpha value is -3.61. The number of fused-ring (bicyclic) bond motifs is 2. The zero-order valence-electron chi connectivity index (χ0n) is 16.3. The van der Waals surface area contributed by atoms with Gasteiger partial charge in [-0.2, -0.15) is 0 Å². The molecule has 1 aliphatic heterocycles. The first-order chi connectivity index (χ1) is 13.9. The fraction of sp³-hybridized carbons (Fsp3) is 0.227. The molecule has 3 heterocycles. The summed E-state index contributed by atoms with van der Waals surface area (Å²) in [4.78, 5) is 29.9. The number of aryl methyl sites for hydroxylation is 2. The van der Waals surface area contributed by atoms with Gasteiger partial charge in [-0.05, 0) is 41.3 Å². The summed E-state index contributed by atoms with van der Waals surface area (Å²) in [6.45, 7) is 0.429. The Morgan fingerprint density at radius 2 is 2.21 bits per heavy atom. The van der Waals surface area contributed by atoms with Crippen molar-refractivity contribution in [3.05, 3.63) is 59.4 Å². The SMILES string of the molecule is CN(Cc1cn(C)c2c(O)cccc12)C(=O)C=Cc1cnc2c(c1)CCC(=O)N2. The molecule has 0 bridgehead atoms. The lowest BCUT2D eigenvalue weighted by Gasteiger charge is -2.16. The molecule has 2 amide bonds. The Morgan fingerprint density at radius 1 is 1.38 bits per heavy atom. The first-order valence-corrected chi connectivity index (χ1v) is 9.40. The van der Waals surface area contributed by atoms with Crippen molar-refractivity contribution in [1.29, 1.82) is 0 Å². The van der Waals surface area contributed by atoms with Crippen LogP contribution in [0.3, 0.4) is 0 Å². The third-order valence-corrected chi connectivity index (χ3v) is 5.13. The number of nitrogens with one attached hydrogen (secondary N) is 1. The minimum atomic E-state index is -0.131. The number of likely N-dealkylation sites (N-methyl/N-ethyl adjacent to an activating group) is 1. The number of phenols is 1. The zero-order chi connectivity index (χ0) is 20.5. The van der Waals surface area contributed by atoms with Crippen molar-refractivity contribution in [3.63, 3.8) is 0 Å². The number of anilines is 1. The molecular weight excluding hydrogens is 368 g/mol. The number of pyridine rings is 1. The molecule has 7 heteroatoms. The van der Waals surface area contributed by atoms with Crippen LogP contribution in [0.1, 0.15) is 23.1 Å². The van der Waals surface area contributed by atoms with Crippen LogP contribution in [0.2, 0.25) is 0 Å². The van der Waals surface area contributed by atoms with Gasteiger partial charge in [-0.25, -0.2) is 4.98 Å². The summed E-state index contributed by atoms with van der Waals surface area (Å²) in [5.41, 5.74) is 3.51. The third-order valence-electron chi connectivity index (χ3n) is 5.13. The first kappa shape index (κ1) is 18.7. The summed E-state index contributed by atoms with van der Waals surface area (Å²) in [6, 6.07) is 7.34. The van der Waals surface area contributed by atoms with E-state index in [1.807, 2.05) is 29.9 Å². The largest absolute Gasteiger partial charge is 0.506 e. The average Bonchev–Trinajstić information content (AvgIpc) is 3.02. The van der Waals surface area contributed by atoms with E-state index in [1.165, 1.54) is 6.08 Å². The molecule has 0 saturated heterocycles. The van der Waals surface area contributed by atoms with Gasteiger partial charge in [-0.15, -0.1) is 0 Å². The Bertz CT molecular complexity index is 1150. The second-order valence-corrected chi connectivity index (χ2v) is 7.29. The molecule has 0 aliphatic carbocycles.